The van der Waals surface area contributed by atoms with Gasteiger partial charge >= 0.3 is 0 Å². The lowest BCUT2D eigenvalue weighted by Crippen LogP contribution is -2.17. The Hall–Kier alpha value is -1.34. The molecular formula is C19H22BrClFNO3. The van der Waals surface area contributed by atoms with Gasteiger partial charge in [-0.15, -0.1) is 0 Å². The Kier molecular flexibility index (Phi) is 8.65. The van der Waals surface area contributed by atoms with Gasteiger partial charge in [-0.25, -0.2) is 4.39 Å². The van der Waals surface area contributed by atoms with E-state index in [1.807, 2.05) is 12.1 Å². The molecule has 2 aromatic carbocycles. The predicted octanol–water partition coefficient (Wildman–Crippen LogP) is 4.96. The van der Waals surface area contributed by atoms with Gasteiger partial charge in [0, 0.05) is 35.9 Å². The van der Waals surface area contributed by atoms with E-state index in [0.717, 1.165) is 23.0 Å². The van der Waals surface area contributed by atoms with E-state index in [-0.39, 0.29) is 12.4 Å². The average Bonchev–Trinajstić information content (AvgIpc) is 2.62. The van der Waals surface area contributed by atoms with E-state index < -0.39 is 0 Å². The highest BCUT2D eigenvalue weighted by Crippen LogP contribution is 2.37. The second-order valence-electron chi connectivity index (χ2n) is 5.60. The average molecular weight is 447 g/mol. The number of hydrogen-bond donors (Lipinski definition) is 1. The Morgan fingerprint density at radius 3 is 2.69 bits per heavy atom. The summed E-state index contributed by atoms with van der Waals surface area (Å²) in [5.41, 5.74) is 1.65. The lowest BCUT2D eigenvalue weighted by Gasteiger charge is -2.17. The number of ether oxygens (including phenoxy) is 3. The molecule has 4 nitrogen and oxygen atoms in total. The van der Waals surface area contributed by atoms with E-state index in [0.29, 0.717) is 35.2 Å². The van der Waals surface area contributed by atoms with Crippen LogP contribution in [0.25, 0.3) is 0 Å². The smallest absolute Gasteiger partial charge is 0.167 e. The van der Waals surface area contributed by atoms with Crippen LogP contribution in [0, 0.1) is 5.82 Å². The fourth-order valence-electron chi connectivity index (χ4n) is 2.41. The van der Waals surface area contributed by atoms with E-state index in [4.69, 9.17) is 25.8 Å². The Labute approximate surface area is 166 Å². The lowest BCUT2D eigenvalue weighted by atomic mass is 10.1. The Balaban J connectivity index is 2.14. The standard InChI is InChI=1S/C19H22BrClFNO3/c1-24-9-3-8-23-11-15-16(20)6-7-18(25-2)19(15)26-12-13-4-5-14(22)10-17(13)21/h4-7,10,23H,3,8-9,11-12H2,1-2H3. The molecule has 0 spiro atoms. The molecule has 0 amide bonds. The van der Waals surface area contributed by atoms with Crippen molar-refractivity contribution in [1.82, 2.24) is 5.32 Å². The molecule has 0 unspecified atom stereocenters. The van der Waals surface area contributed by atoms with Gasteiger partial charge in [0.1, 0.15) is 12.4 Å². The zero-order valence-electron chi connectivity index (χ0n) is 14.8. The first-order valence-electron chi connectivity index (χ1n) is 8.18. The molecule has 2 rings (SSSR count). The van der Waals surface area contributed by atoms with Crippen LogP contribution in [0.1, 0.15) is 17.5 Å². The Morgan fingerprint density at radius 2 is 2.00 bits per heavy atom. The number of methoxy groups -OCH3 is 2. The van der Waals surface area contributed by atoms with Crippen LogP contribution in [0.2, 0.25) is 5.02 Å². The van der Waals surface area contributed by atoms with Gasteiger partial charge in [0.25, 0.3) is 0 Å². The summed E-state index contributed by atoms with van der Waals surface area (Å²) < 4.78 is 30.6. The van der Waals surface area contributed by atoms with Crippen molar-refractivity contribution in [1.29, 1.82) is 0 Å². The molecule has 0 aliphatic heterocycles. The van der Waals surface area contributed by atoms with Crippen LogP contribution < -0.4 is 14.8 Å². The molecule has 1 N–H and O–H groups in total. The highest BCUT2D eigenvalue weighted by atomic mass is 79.9. The van der Waals surface area contributed by atoms with Crippen LogP contribution in [0.15, 0.2) is 34.8 Å². The summed E-state index contributed by atoms with van der Waals surface area (Å²) in [6.45, 7) is 2.34. The highest BCUT2D eigenvalue weighted by Gasteiger charge is 2.15. The van der Waals surface area contributed by atoms with Crippen molar-refractivity contribution in [2.24, 2.45) is 0 Å². The second-order valence-corrected chi connectivity index (χ2v) is 6.87. The van der Waals surface area contributed by atoms with Gasteiger partial charge in [-0.1, -0.05) is 33.6 Å². The summed E-state index contributed by atoms with van der Waals surface area (Å²) in [7, 11) is 3.28. The molecule has 0 saturated carbocycles. The van der Waals surface area contributed by atoms with Crippen molar-refractivity contribution in [3.8, 4) is 11.5 Å². The molecule has 0 fully saturated rings. The first-order valence-corrected chi connectivity index (χ1v) is 9.35. The van der Waals surface area contributed by atoms with Crippen molar-refractivity contribution < 1.29 is 18.6 Å². The maximum Gasteiger partial charge on any atom is 0.167 e. The first kappa shape index (κ1) is 21.0. The van der Waals surface area contributed by atoms with Gasteiger partial charge in [-0.05, 0) is 37.2 Å². The predicted molar refractivity (Wildman–Crippen MR) is 105 cm³/mol. The lowest BCUT2D eigenvalue weighted by molar-refractivity contribution is 0.194. The van der Waals surface area contributed by atoms with Crippen LogP contribution in [0.3, 0.4) is 0 Å². The minimum absolute atomic E-state index is 0.211. The van der Waals surface area contributed by atoms with Crippen LogP contribution in [0.4, 0.5) is 4.39 Å². The van der Waals surface area contributed by atoms with Gasteiger partial charge in [-0.3, -0.25) is 0 Å². The topological polar surface area (TPSA) is 39.7 Å². The Morgan fingerprint density at radius 1 is 1.19 bits per heavy atom. The van der Waals surface area contributed by atoms with Gasteiger partial charge in [0.15, 0.2) is 11.5 Å². The van der Waals surface area contributed by atoms with Gasteiger partial charge < -0.3 is 19.5 Å². The van der Waals surface area contributed by atoms with E-state index in [2.05, 4.69) is 21.2 Å². The molecule has 0 atom stereocenters. The number of rotatable bonds is 10. The fraction of sp³-hybridized carbons (Fsp3) is 0.368. The fourth-order valence-corrected chi connectivity index (χ4v) is 3.08. The molecule has 0 heterocycles. The first-order chi connectivity index (χ1) is 12.6. The largest absolute Gasteiger partial charge is 0.493 e. The molecule has 2 aromatic rings. The summed E-state index contributed by atoms with van der Waals surface area (Å²) in [5, 5.41) is 3.70. The van der Waals surface area contributed by atoms with E-state index in [1.54, 1.807) is 20.3 Å². The molecule has 0 aliphatic carbocycles. The molecule has 0 aromatic heterocycles. The molecule has 26 heavy (non-hydrogen) atoms. The van der Waals surface area contributed by atoms with Gasteiger partial charge in [-0.2, -0.15) is 0 Å². The number of nitrogens with one attached hydrogen (secondary N) is 1. The Bertz CT molecular complexity index is 730. The van der Waals surface area contributed by atoms with Crippen LogP contribution in [0.5, 0.6) is 11.5 Å². The third kappa shape index (κ3) is 5.84. The SMILES string of the molecule is COCCCNCc1c(Br)ccc(OC)c1OCc1ccc(F)cc1Cl. The zero-order chi connectivity index (χ0) is 18.9. The van der Waals surface area contributed by atoms with Crippen LogP contribution >= 0.6 is 27.5 Å². The molecule has 0 radical (unpaired) electrons. The summed E-state index contributed by atoms with van der Waals surface area (Å²) in [6.07, 6.45) is 0.916. The normalized spacial score (nSPS) is 10.8. The third-order valence-corrected chi connectivity index (χ3v) is 4.87. The van der Waals surface area contributed by atoms with Crippen LogP contribution in [-0.4, -0.2) is 27.4 Å². The summed E-state index contributed by atoms with van der Waals surface area (Å²) >= 11 is 9.66. The van der Waals surface area contributed by atoms with Crippen LogP contribution in [-0.2, 0) is 17.9 Å². The van der Waals surface area contributed by atoms with Gasteiger partial charge in [0.2, 0.25) is 0 Å². The molecule has 7 heteroatoms. The third-order valence-electron chi connectivity index (χ3n) is 3.78. The van der Waals surface area contributed by atoms with Crippen molar-refractivity contribution in [2.45, 2.75) is 19.6 Å². The maximum atomic E-state index is 13.2. The zero-order valence-corrected chi connectivity index (χ0v) is 17.1. The number of hydrogen-bond acceptors (Lipinski definition) is 4. The summed E-state index contributed by atoms with van der Waals surface area (Å²) in [5.74, 6) is 0.876. The minimum Gasteiger partial charge on any atom is -0.493 e. The number of benzene rings is 2. The van der Waals surface area contributed by atoms with Crippen molar-refractivity contribution >= 4 is 27.5 Å². The quantitative estimate of drug-likeness (QED) is 0.524. The molecule has 0 aliphatic rings. The van der Waals surface area contributed by atoms with Crippen molar-refractivity contribution in [3.05, 3.63) is 56.8 Å². The minimum atomic E-state index is -0.375. The molecule has 0 bridgehead atoms. The summed E-state index contributed by atoms with van der Waals surface area (Å²) in [4.78, 5) is 0. The van der Waals surface area contributed by atoms with E-state index in [1.165, 1.54) is 12.1 Å². The molecule has 0 saturated heterocycles. The maximum absolute atomic E-state index is 13.2. The monoisotopic (exact) mass is 445 g/mol. The van der Waals surface area contributed by atoms with Crippen molar-refractivity contribution in [2.75, 3.05) is 27.4 Å². The molecule has 142 valence electrons. The second kappa shape index (κ2) is 10.7. The molecular weight excluding hydrogens is 425 g/mol. The van der Waals surface area contributed by atoms with Crippen molar-refractivity contribution in [3.63, 3.8) is 0 Å². The van der Waals surface area contributed by atoms with E-state index >= 15 is 0 Å². The van der Waals surface area contributed by atoms with Gasteiger partial charge in [0.05, 0.1) is 12.1 Å². The summed E-state index contributed by atoms with van der Waals surface area (Å²) in [6, 6.07) is 8.01. The highest BCUT2D eigenvalue weighted by molar-refractivity contribution is 9.10. The number of halogens is 3. The van der Waals surface area contributed by atoms with E-state index in [9.17, 15) is 4.39 Å².